The van der Waals surface area contributed by atoms with Gasteiger partial charge in [-0.3, -0.25) is 9.79 Å². The van der Waals surface area contributed by atoms with E-state index in [1.165, 1.54) is 12.2 Å². The highest BCUT2D eigenvalue weighted by Crippen LogP contribution is 2.13. The van der Waals surface area contributed by atoms with E-state index < -0.39 is 0 Å². The molecule has 0 atom stereocenters. The van der Waals surface area contributed by atoms with Gasteiger partial charge >= 0.3 is 0 Å². The second-order valence-electron chi connectivity index (χ2n) is 5.28. The minimum atomic E-state index is -0.000801. The molecule has 0 aromatic heterocycles. The lowest BCUT2D eigenvalue weighted by Gasteiger charge is -2.11. The summed E-state index contributed by atoms with van der Waals surface area (Å²) in [5, 5.41) is 10.0. The second-order valence-corrected chi connectivity index (χ2v) is 6.71. The number of amides is 1. The average molecular weight is 499 g/mol. The van der Waals surface area contributed by atoms with Crippen LogP contribution in [-0.2, 0) is 4.79 Å². The molecule has 0 aliphatic carbocycles. The Morgan fingerprint density at radius 3 is 2.36 bits per heavy atom. The zero-order valence-corrected chi connectivity index (χ0v) is 18.7. The highest BCUT2D eigenvalue weighted by Gasteiger charge is 2.03. The minimum Gasteiger partial charge on any atom is -0.356 e. The summed E-state index contributed by atoms with van der Waals surface area (Å²) < 4.78 is 0. The van der Waals surface area contributed by atoms with Crippen molar-refractivity contribution in [2.45, 2.75) is 25.7 Å². The molecule has 0 heterocycles. The van der Waals surface area contributed by atoms with E-state index in [-0.39, 0.29) is 29.9 Å². The Labute approximate surface area is 177 Å². The van der Waals surface area contributed by atoms with Crippen molar-refractivity contribution in [2.24, 2.45) is 4.99 Å². The number of benzene rings is 1. The van der Waals surface area contributed by atoms with E-state index in [4.69, 9.17) is 11.6 Å². The number of hydrogen-bond donors (Lipinski definition) is 3. The first-order valence-electron chi connectivity index (χ1n) is 8.14. The van der Waals surface area contributed by atoms with E-state index in [0.717, 1.165) is 31.0 Å². The van der Waals surface area contributed by atoms with E-state index in [1.54, 1.807) is 31.3 Å². The maximum absolute atomic E-state index is 11.9. The lowest BCUT2D eigenvalue weighted by Crippen LogP contribution is -2.38. The van der Waals surface area contributed by atoms with Gasteiger partial charge in [0.15, 0.2) is 5.96 Å². The molecule has 0 aliphatic heterocycles. The van der Waals surface area contributed by atoms with Gasteiger partial charge in [-0.2, -0.15) is 11.8 Å². The Kier molecular flexibility index (Phi) is 15.2. The molecular formula is C17H28ClIN4OS. The standard InChI is InChI=1S/C17H27ClN4OS.HI/c1-19-17(20-11-3-4-13-24-2)21-12-5-6-16(23)22-15-9-7-14(18)8-10-15;/h7-10H,3-6,11-13H2,1-2H3,(H,22,23)(H2,19,20,21);1H. The summed E-state index contributed by atoms with van der Waals surface area (Å²) in [6, 6.07) is 7.10. The van der Waals surface area contributed by atoms with Gasteiger partial charge in [-0.15, -0.1) is 24.0 Å². The maximum Gasteiger partial charge on any atom is 0.224 e. The van der Waals surface area contributed by atoms with Crippen LogP contribution < -0.4 is 16.0 Å². The number of guanidine groups is 1. The fourth-order valence-corrected chi connectivity index (χ4v) is 2.63. The van der Waals surface area contributed by atoms with E-state index in [9.17, 15) is 4.79 Å². The van der Waals surface area contributed by atoms with Gasteiger partial charge in [0.05, 0.1) is 0 Å². The lowest BCUT2D eigenvalue weighted by molar-refractivity contribution is -0.116. The fraction of sp³-hybridized carbons (Fsp3) is 0.529. The zero-order valence-electron chi connectivity index (χ0n) is 14.8. The van der Waals surface area contributed by atoms with Gasteiger partial charge in [0.25, 0.3) is 0 Å². The minimum absolute atomic E-state index is 0. The average Bonchev–Trinajstić information content (AvgIpc) is 2.58. The van der Waals surface area contributed by atoms with Crippen LogP contribution in [0.25, 0.3) is 0 Å². The largest absolute Gasteiger partial charge is 0.356 e. The summed E-state index contributed by atoms with van der Waals surface area (Å²) in [7, 11) is 1.75. The van der Waals surface area contributed by atoms with Gasteiger partial charge < -0.3 is 16.0 Å². The number of thioether (sulfide) groups is 1. The predicted molar refractivity (Wildman–Crippen MR) is 122 cm³/mol. The Morgan fingerprint density at radius 1 is 1.12 bits per heavy atom. The van der Waals surface area contributed by atoms with Crippen LogP contribution in [0.4, 0.5) is 5.69 Å². The fourth-order valence-electron chi connectivity index (χ4n) is 2.01. The van der Waals surface area contributed by atoms with Crippen molar-refractivity contribution in [2.75, 3.05) is 37.5 Å². The number of nitrogens with zero attached hydrogens (tertiary/aromatic N) is 1. The number of nitrogens with one attached hydrogen (secondary N) is 3. The number of carbonyl (C=O) groups excluding carboxylic acids is 1. The summed E-state index contributed by atoms with van der Waals surface area (Å²) in [5.74, 6) is 1.98. The van der Waals surface area contributed by atoms with Crippen LogP contribution in [0.2, 0.25) is 5.02 Å². The van der Waals surface area contributed by atoms with Crippen LogP contribution in [0.15, 0.2) is 29.3 Å². The van der Waals surface area contributed by atoms with Crippen LogP contribution in [-0.4, -0.2) is 44.0 Å². The monoisotopic (exact) mass is 498 g/mol. The first-order valence-corrected chi connectivity index (χ1v) is 9.91. The maximum atomic E-state index is 11.9. The molecule has 8 heteroatoms. The predicted octanol–water partition coefficient (Wildman–Crippen LogP) is 3.98. The quantitative estimate of drug-likeness (QED) is 0.198. The molecule has 3 N–H and O–H groups in total. The van der Waals surface area contributed by atoms with Crippen molar-refractivity contribution in [1.29, 1.82) is 0 Å². The summed E-state index contributed by atoms with van der Waals surface area (Å²) in [5.41, 5.74) is 0.764. The molecule has 0 saturated heterocycles. The number of unbranched alkanes of at least 4 members (excludes halogenated alkanes) is 1. The molecule has 142 valence electrons. The Bertz CT molecular complexity index is 514. The number of halogens is 2. The molecule has 0 saturated carbocycles. The third-order valence-corrected chi connectivity index (χ3v) is 4.24. The molecule has 0 unspecified atom stereocenters. The molecule has 1 rings (SSSR count). The van der Waals surface area contributed by atoms with Crippen LogP contribution in [0.1, 0.15) is 25.7 Å². The van der Waals surface area contributed by atoms with Gasteiger partial charge in [0.2, 0.25) is 5.91 Å². The van der Waals surface area contributed by atoms with Gasteiger partial charge in [-0.05, 0) is 55.5 Å². The van der Waals surface area contributed by atoms with Crippen molar-refractivity contribution < 1.29 is 4.79 Å². The highest BCUT2D eigenvalue weighted by molar-refractivity contribution is 14.0. The van der Waals surface area contributed by atoms with E-state index in [0.29, 0.717) is 18.0 Å². The number of hydrogen-bond acceptors (Lipinski definition) is 3. The normalized spacial score (nSPS) is 10.8. The smallest absolute Gasteiger partial charge is 0.224 e. The number of aliphatic imine (C=N–C) groups is 1. The second kappa shape index (κ2) is 15.6. The third-order valence-electron chi connectivity index (χ3n) is 3.29. The van der Waals surface area contributed by atoms with Crippen molar-refractivity contribution in [3.63, 3.8) is 0 Å². The van der Waals surface area contributed by atoms with E-state index in [1.807, 2.05) is 11.8 Å². The summed E-state index contributed by atoms with van der Waals surface area (Å²) >= 11 is 7.68. The van der Waals surface area contributed by atoms with Crippen molar-refractivity contribution in [3.05, 3.63) is 29.3 Å². The molecule has 5 nitrogen and oxygen atoms in total. The van der Waals surface area contributed by atoms with Crippen molar-refractivity contribution in [1.82, 2.24) is 10.6 Å². The van der Waals surface area contributed by atoms with Crippen LogP contribution in [0, 0.1) is 0 Å². The van der Waals surface area contributed by atoms with Gasteiger partial charge in [0, 0.05) is 37.3 Å². The van der Waals surface area contributed by atoms with Crippen molar-refractivity contribution in [3.8, 4) is 0 Å². The van der Waals surface area contributed by atoms with Gasteiger partial charge in [0.1, 0.15) is 0 Å². The Balaban J connectivity index is 0.00000576. The molecule has 0 bridgehead atoms. The first-order chi connectivity index (χ1) is 11.7. The third kappa shape index (κ3) is 12.3. The highest BCUT2D eigenvalue weighted by atomic mass is 127. The molecule has 0 radical (unpaired) electrons. The van der Waals surface area contributed by atoms with E-state index >= 15 is 0 Å². The van der Waals surface area contributed by atoms with Crippen molar-refractivity contribution >= 4 is 64.9 Å². The molecule has 1 aromatic rings. The number of rotatable bonds is 10. The SMILES string of the molecule is CN=C(NCCCCSC)NCCCC(=O)Nc1ccc(Cl)cc1.I. The van der Waals surface area contributed by atoms with Gasteiger partial charge in [-0.1, -0.05) is 11.6 Å². The van der Waals surface area contributed by atoms with Crippen LogP contribution in [0.3, 0.4) is 0 Å². The summed E-state index contributed by atoms with van der Waals surface area (Å²) in [6.07, 6.45) is 5.66. The van der Waals surface area contributed by atoms with Gasteiger partial charge in [-0.25, -0.2) is 0 Å². The summed E-state index contributed by atoms with van der Waals surface area (Å²) in [6.45, 7) is 1.62. The number of anilines is 1. The Morgan fingerprint density at radius 2 is 1.76 bits per heavy atom. The molecule has 0 spiro atoms. The molecule has 25 heavy (non-hydrogen) atoms. The summed E-state index contributed by atoms with van der Waals surface area (Å²) in [4.78, 5) is 16.0. The first kappa shape index (κ1) is 24.3. The van der Waals surface area contributed by atoms with E-state index in [2.05, 4.69) is 27.2 Å². The number of carbonyl (C=O) groups is 1. The lowest BCUT2D eigenvalue weighted by atomic mass is 10.2. The van der Waals surface area contributed by atoms with Crippen LogP contribution >= 0.6 is 47.3 Å². The Hall–Kier alpha value is -0.670. The molecule has 1 aromatic carbocycles. The molecule has 1 amide bonds. The zero-order chi connectivity index (χ0) is 17.6. The topological polar surface area (TPSA) is 65.5 Å². The molecule has 0 fully saturated rings. The molecule has 0 aliphatic rings. The van der Waals surface area contributed by atoms with Crippen LogP contribution in [0.5, 0.6) is 0 Å². The molecular weight excluding hydrogens is 471 g/mol.